The summed E-state index contributed by atoms with van der Waals surface area (Å²) in [5, 5.41) is 11.8. The zero-order chi connectivity index (χ0) is 60.5. The van der Waals surface area contributed by atoms with Crippen LogP contribution in [0, 0.1) is 0 Å². The van der Waals surface area contributed by atoms with E-state index < -0.39 is 24.3 Å². The summed E-state index contributed by atoms with van der Waals surface area (Å²) in [6.45, 7) is 4.80. The number of hydrogen-bond donors (Lipinski definition) is 0. The lowest BCUT2D eigenvalue weighted by Gasteiger charge is -2.26. The van der Waals surface area contributed by atoms with E-state index in [1.807, 2.05) is 21.1 Å². The molecule has 0 rings (SSSR count). The molecule has 0 N–H and O–H groups in total. The van der Waals surface area contributed by atoms with Gasteiger partial charge in [0, 0.05) is 12.8 Å². The zero-order valence-corrected chi connectivity index (χ0v) is 55.8. The first-order chi connectivity index (χ1) is 40.6. The number of esters is 2. The van der Waals surface area contributed by atoms with Crippen LogP contribution in [0.25, 0.3) is 0 Å². The fraction of sp³-hybridized carbons (Fsp3) is 0.878. The molecule has 0 aromatic heterocycles. The fourth-order valence-corrected chi connectivity index (χ4v) is 10.8. The largest absolute Gasteiger partial charge is 0.545 e. The SMILES string of the molecule is CCCCCCC/C=C\C/C=C\CCCCCCCCCCCCCCCCCCCCCCCCCC(=O)OC(COC(=O)CCCCCCCCCCCCC/C=C\CCCCCCCCCC)COC(OCC[N+](C)(C)C)C(=O)[O-]. The Hall–Kier alpha value is -2.49. The second kappa shape index (κ2) is 65.5. The summed E-state index contributed by atoms with van der Waals surface area (Å²) in [7, 11) is 5.94. The molecule has 0 saturated carbocycles. The van der Waals surface area contributed by atoms with Gasteiger partial charge in [-0.3, -0.25) is 9.59 Å². The smallest absolute Gasteiger partial charge is 0.306 e. The Balaban J connectivity index is 4.02. The van der Waals surface area contributed by atoms with Crippen molar-refractivity contribution in [3.63, 3.8) is 0 Å². The molecule has 83 heavy (non-hydrogen) atoms. The summed E-state index contributed by atoms with van der Waals surface area (Å²) < 4.78 is 22.8. The number of carbonyl (C=O) groups excluding carboxylic acids is 3. The average Bonchev–Trinajstić information content (AvgIpc) is 3.46. The average molecular weight is 1170 g/mol. The molecular formula is C74H139NO8. The van der Waals surface area contributed by atoms with Crippen LogP contribution in [-0.4, -0.2) is 82.3 Å². The van der Waals surface area contributed by atoms with Crippen LogP contribution in [0.3, 0.4) is 0 Å². The second-order valence-electron chi connectivity index (χ2n) is 25.9. The molecule has 9 heteroatoms. The molecular weight excluding hydrogens is 1030 g/mol. The van der Waals surface area contributed by atoms with Crippen molar-refractivity contribution >= 4 is 17.9 Å². The molecule has 0 saturated heterocycles. The van der Waals surface area contributed by atoms with Crippen LogP contribution in [0.2, 0.25) is 0 Å². The fourth-order valence-electron chi connectivity index (χ4n) is 10.8. The van der Waals surface area contributed by atoms with Gasteiger partial charge in [-0.1, -0.05) is 314 Å². The van der Waals surface area contributed by atoms with Crippen LogP contribution < -0.4 is 5.11 Å². The molecule has 0 aliphatic rings. The summed E-state index contributed by atoms with van der Waals surface area (Å²) in [6.07, 6.45) is 79.5. The zero-order valence-electron chi connectivity index (χ0n) is 55.8. The van der Waals surface area contributed by atoms with Crippen LogP contribution in [0.5, 0.6) is 0 Å². The molecule has 488 valence electrons. The second-order valence-corrected chi connectivity index (χ2v) is 25.9. The topological polar surface area (TPSA) is 111 Å². The van der Waals surface area contributed by atoms with E-state index in [0.717, 1.165) is 44.9 Å². The predicted octanol–water partition coefficient (Wildman–Crippen LogP) is 21.0. The number of rotatable bonds is 68. The summed E-state index contributed by atoms with van der Waals surface area (Å²) >= 11 is 0. The molecule has 0 aromatic rings. The van der Waals surface area contributed by atoms with Gasteiger partial charge in [-0.25, -0.2) is 0 Å². The van der Waals surface area contributed by atoms with Crippen molar-refractivity contribution in [1.82, 2.24) is 0 Å². The van der Waals surface area contributed by atoms with Gasteiger partial charge in [-0.05, 0) is 70.6 Å². The van der Waals surface area contributed by atoms with E-state index in [-0.39, 0.29) is 32.2 Å². The van der Waals surface area contributed by atoms with Crippen molar-refractivity contribution in [3.8, 4) is 0 Å². The Labute approximate surface area is 515 Å². The van der Waals surface area contributed by atoms with Crippen molar-refractivity contribution in [3.05, 3.63) is 36.5 Å². The minimum Gasteiger partial charge on any atom is -0.545 e. The molecule has 0 aliphatic heterocycles. The summed E-state index contributed by atoms with van der Waals surface area (Å²) in [6, 6.07) is 0. The predicted molar refractivity (Wildman–Crippen MR) is 353 cm³/mol. The van der Waals surface area contributed by atoms with Gasteiger partial charge in [-0.2, -0.15) is 0 Å². The molecule has 0 heterocycles. The van der Waals surface area contributed by atoms with Crippen molar-refractivity contribution in [2.45, 2.75) is 373 Å². The molecule has 0 spiro atoms. The first-order valence-corrected chi connectivity index (χ1v) is 36.1. The number of quaternary nitrogens is 1. The van der Waals surface area contributed by atoms with E-state index in [9.17, 15) is 19.5 Å². The number of ether oxygens (including phenoxy) is 4. The minimum atomic E-state index is -1.62. The number of aliphatic carboxylic acids is 1. The van der Waals surface area contributed by atoms with E-state index in [1.54, 1.807) is 0 Å². The number of carboxylic acids is 1. The Morgan fingerprint density at radius 2 is 0.651 bits per heavy atom. The highest BCUT2D eigenvalue weighted by atomic mass is 16.7. The van der Waals surface area contributed by atoms with Gasteiger partial charge in [0.2, 0.25) is 0 Å². The molecule has 0 fully saturated rings. The van der Waals surface area contributed by atoms with Crippen LogP contribution in [0.15, 0.2) is 36.5 Å². The standard InChI is InChI=1S/C74H139NO8/c1-6-8-10-12-14-16-18-20-22-24-26-28-30-31-32-33-34-35-36-37-38-39-40-41-43-45-47-49-51-53-55-57-59-61-63-65-72(77)83-70(69-82-74(73(78)79)80-67-66-75(3,4)5)68-81-71(76)64-62-60-58-56-54-52-50-48-46-44-42-29-27-25-23-21-19-17-15-13-11-9-7-2/h18,20,24-27,70,74H,6-17,19,21-23,28-69H2,1-5H3/b20-18-,26-24-,27-25-. The molecule has 0 radical (unpaired) electrons. The lowest BCUT2D eigenvalue weighted by molar-refractivity contribution is -0.870. The number of unbranched alkanes of at least 4 members (excludes halogenated alkanes) is 47. The van der Waals surface area contributed by atoms with Gasteiger partial charge >= 0.3 is 11.9 Å². The van der Waals surface area contributed by atoms with Gasteiger partial charge < -0.3 is 33.3 Å². The Kier molecular flexibility index (Phi) is 63.5. The third kappa shape index (κ3) is 66.9. The maximum Gasteiger partial charge on any atom is 0.306 e. The molecule has 0 aliphatic carbocycles. The quantitative estimate of drug-likeness (QED) is 0.0195. The van der Waals surface area contributed by atoms with Crippen LogP contribution >= 0.6 is 0 Å². The monoisotopic (exact) mass is 1170 g/mol. The van der Waals surface area contributed by atoms with E-state index in [1.165, 1.54) is 289 Å². The summed E-state index contributed by atoms with van der Waals surface area (Å²) in [4.78, 5) is 37.5. The van der Waals surface area contributed by atoms with Crippen LogP contribution in [0.1, 0.15) is 361 Å². The minimum absolute atomic E-state index is 0.150. The molecule has 9 nitrogen and oxygen atoms in total. The lowest BCUT2D eigenvalue weighted by Crippen LogP contribution is -2.44. The molecule has 0 bridgehead atoms. The number of nitrogens with zero attached hydrogens (tertiary/aromatic N) is 1. The molecule has 2 atom stereocenters. The highest BCUT2D eigenvalue weighted by Gasteiger charge is 2.22. The van der Waals surface area contributed by atoms with E-state index in [2.05, 4.69) is 50.3 Å². The van der Waals surface area contributed by atoms with E-state index in [0.29, 0.717) is 17.4 Å². The van der Waals surface area contributed by atoms with Crippen LogP contribution in [-0.2, 0) is 33.3 Å². The number of hydrogen-bond acceptors (Lipinski definition) is 8. The maximum absolute atomic E-state index is 12.9. The number of likely N-dealkylation sites (N-methyl/N-ethyl adjacent to an activating group) is 1. The van der Waals surface area contributed by atoms with Gasteiger partial charge in [0.05, 0.1) is 40.3 Å². The lowest BCUT2D eigenvalue weighted by atomic mass is 10.0. The third-order valence-electron chi connectivity index (χ3n) is 16.4. The maximum atomic E-state index is 12.9. The van der Waals surface area contributed by atoms with Gasteiger partial charge in [0.15, 0.2) is 12.4 Å². The van der Waals surface area contributed by atoms with Crippen molar-refractivity contribution in [2.75, 3.05) is 47.5 Å². The normalized spacial score (nSPS) is 12.8. The van der Waals surface area contributed by atoms with Gasteiger partial charge in [0.1, 0.15) is 13.2 Å². The highest BCUT2D eigenvalue weighted by molar-refractivity contribution is 5.70. The molecule has 0 aromatic carbocycles. The Morgan fingerprint density at radius 3 is 0.964 bits per heavy atom. The first-order valence-electron chi connectivity index (χ1n) is 36.1. The number of carbonyl (C=O) groups is 3. The van der Waals surface area contributed by atoms with Crippen LogP contribution in [0.4, 0.5) is 0 Å². The van der Waals surface area contributed by atoms with E-state index >= 15 is 0 Å². The highest BCUT2D eigenvalue weighted by Crippen LogP contribution is 2.19. The molecule has 0 amide bonds. The summed E-state index contributed by atoms with van der Waals surface area (Å²) in [5.74, 6) is -2.26. The number of carboxylic acid groups (broad SMARTS) is 1. The van der Waals surface area contributed by atoms with Crippen molar-refractivity contribution in [1.29, 1.82) is 0 Å². The molecule has 2 unspecified atom stereocenters. The third-order valence-corrected chi connectivity index (χ3v) is 16.4. The van der Waals surface area contributed by atoms with Gasteiger partial charge in [-0.15, -0.1) is 0 Å². The van der Waals surface area contributed by atoms with Gasteiger partial charge in [0.25, 0.3) is 0 Å². The Bertz CT molecular complexity index is 1450. The summed E-state index contributed by atoms with van der Waals surface area (Å²) in [5.41, 5.74) is 0. The van der Waals surface area contributed by atoms with Crippen molar-refractivity contribution < 1.29 is 42.9 Å². The number of allylic oxidation sites excluding steroid dienone is 6. The van der Waals surface area contributed by atoms with Crippen molar-refractivity contribution in [2.24, 2.45) is 0 Å². The Morgan fingerprint density at radius 1 is 0.361 bits per heavy atom. The van der Waals surface area contributed by atoms with E-state index in [4.69, 9.17) is 18.9 Å². The first kappa shape index (κ1) is 80.5.